The van der Waals surface area contributed by atoms with E-state index in [0.717, 1.165) is 16.9 Å². The average Bonchev–Trinajstić information content (AvgIpc) is 2.30. The molecule has 0 aliphatic rings. The van der Waals surface area contributed by atoms with Crippen LogP contribution in [0.3, 0.4) is 0 Å². The van der Waals surface area contributed by atoms with Gasteiger partial charge in [-0.25, -0.2) is 0 Å². The molecule has 0 spiro atoms. The van der Waals surface area contributed by atoms with Crippen molar-refractivity contribution in [3.63, 3.8) is 0 Å². The molecule has 0 aromatic heterocycles. The minimum absolute atomic E-state index is 0.0105. The van der Waals surface area contributed by atoms with Crippen molar-refractivity contribution in [1.29, 1.82) is 0 Å². The molecule has 0 aromatic rings. The molecule has 0 saturated heterocycles. The van der Waals surface area contributed by atoms with E-state index in [9.17, 15) is 9.59 Å². The fraction of sp³-hybridized carbons (Fsp3) is 0.500. The third kappa shape index (κ3) is 8.05. The van der Waals surface area contributed by atoms with E-state index in [1.54, 1.807) is 0 Å². The van der Waals surface area contributed by atoms with Gasteiger partial charge in [0.2, 0.25) is 0 Å². The van der Waals surface area contributed by atoms with Gasteiger partial charge in [-0.3, -0.25) is 14.6 Å². The number of allylic oxidation sites excluding steroid dienone is 2. The molecule has 0 heterocycles. The van der Waals surface area contributed by atoms with Crippen LogP contribution in [0.15, 0.2) is 28.8 Å². The van der Waals surface area contributed by atoms with Crippen molar-refractivity contribution >= 4 is 17.5 Å². The lowest BCUT2D eigenvalue weighted by Crippen LogP contribution is -2.30. The zero-order valence-corrected chi connectivity index (χ0v) is 11.8. The standard InChI is InChI=1S/C14H22N2O3/c1-9(2)12(7-13(15)14(18)19)6-5-10(3)16-8-11(4)17/h6,13H,1,5,7-8,15H2,2-4H3,(H,18,19)/b12-6-,16-10?. The topological polar surface area (TPSA) is 92.8 Å². The number of nitrogens with two attached hydrogens (primary N) is 1. The van der Waals surface area contributed by atoms with Crippen molar-refractivity contribution in [2.75, 3.05) is 6.54 Å². The monoisotopic (exact) mass is 266 g/mol. The molecule has 0 amide bonds. The Kier molecular flexibility index (Phi) is 7.60. The second kappa shape index (κ2) is 8.37. The summed E-state index contributed by atoms with van der Waals surface area (Å²) in [5.41, 5.74) is 7.92. The van der Waals surface area contributed by atoms with Gasteiger partial charge >= 0.3 is 5.97 Å². The predicted molar refractivity (Wildman–Crippen MR) is 76.4 cm³/mol. The molecule has 3 N–H and O–H groups in total. The number of ketones is 1. The smallest absolute Gasteiger partial charge is 0.320 e. The Morgan fingerprint density at radius 2 is 1.95 bits per heavy atom. The summed E-state index contributed by atoms with van der Waals surface area (Å²) in [5, 5.41) is 8.79. The van der Waals surface area contributed by atoms with E-state index in [1.807, 2.05) is 19.9 Å². The van der Waals surface area contributed by atoms with Gasteiger partial charge in [0.1, 0.15) is 6.04 Å². The summed E-state index contributed by atoms with van der Waals surface area (Å²) in [4.78, 5) is 25.6. The average molecular weight is 266 g/mol. The minimum atomic E-state index is -1.03. The number of carboxylic acid groups (broad SMARTS) is 1. The summed E-state index contributed by atoms with van der Waals surface area (Å²) in [5.74, 6) is -1.02. The highest BCUT2D eigenvalue weighted by molar-refractivity contribution is 5.87. The lowest BCUT2D eigenvalue weighted by Gasteiger charge is -2.10. The van der Waals surface area contributed by atoms with Crippen molar-refractivity contribution in [3.05, 3.63) is 23.8 Å². The van der Waals surface area contributed by atoms with Crippen molar-refractivity contribution in [3.8, 4) is 0 Å². The van der Waals surface area contributed by atoms with Crippen LogP contribution in [0.25, 0.3) is 0 Å². The van der Waals surface area contributed by atoms with Crippen molar-refractivity contribution < 1.29 is 14.7 Å². The van der Waals surface area contributed by atoms with E-state index >= 15 is 0 Å². The van der Waals surface area contributed by atoms with E-state index in [2.05, 4.69) is 11.6 Å². The Morgan fingerprint density at radius 1 is 1.37 bits per heavy atom. The van der Waals surface area contributed by atoms with E-state index in [0.29, 0.717) is 6.42 Å². The normalized spacial score (nSPS) is 14.1. The Balaban J connectivity index is 4.68. The summed E-state index contributed by atoms with van der Waals surface area (Å²) in [7, 11) is 0. The number of carbonyl (C=O) groups excluding carboxylic acids is 1. The fourth-order valence-corrected chi connectivity index (χ4v) is 1.34. The Bertz CT molecular complexity index is 422. The number of carbonyl (C=O) groups is 2. The van der Waals surface area contributed by atoms with Gasteiger partial charge in [-0.05, 0) is 32.8 Å². The van der Waals surface area contributed by atoms with Crippen LogP contribution >= 0.6 is 0 Å². The summed E-state index contributed by atoms with van der Waals surface area (Å²) in [6.07, 6.45) is 2.66. The largest absolute Gasteiger partial charge is 0.480 e. The molecule has 0 rings (SSSR count). The molecule has 1 atom stereocenters. The van der Waals surface area contributed by atoms with E-state index in [-0.39, 0.29) is 18.7 Å². The molecule has 19 heavy (non-hydrogen) atoms. The molecule has 106 valence electrons. The Hall–Kier alpha value is -1.75. The van der Waals surface area contributed by atoms with Crippen LogP contribution in [-0.4, -0.2) is 35.2 Å². The zero-order chi connectivity index (χ0) is 15.0. The predicted octanol–water partition coefficient (Wildman–Crippen LogP) is 1.73. The molecule has 0 fully saturated rings. The van der Waals surface area contributed by atoms with Gasteiger partial charge in [0.15, 0.2) is 5.78 Å². The van der Waals surface area contributed by atoms with Crippen LogP contribution in [0.2, 0.25) is 0 Å². The van der Waals surface area contributed by atoms with Crippen molar-refractivity contribution in [2.24, 2.45) is 10.7 Å². The summed E-state index contributed by atoms with van der Waals surface area (Å²) >= 11 is 0. The molecule has 5 heteroatoms. The molecule has 1 unspecified atom stereocenters. The first-order chi connectivity index (χ1) is 8.73. The van der Waals surface area contributed by atoms with Crippen LogP contribution in [-0.2, 0) is 9.59 Å². The number of carboxylic acids is 1. The lowest BCUT2D eigenvalue weighted by atomic mass is 9.99. The first-order valence-electron chi connectivity index (χ1n) is 6.06. The SMILES string of the molecule is C=C(C)/C(=C\CC(C)=NCC(C)=O)CC(N)C(=O)O. The van der Waals surface area contributed by atoms with Crippen molar-refractivity contribution in [2.45, 2.75) is 39.7 Å². The molecule has 5 nitrogen and oxygen atoms in total. The van der Waals surface area contributed by atoms with Gasteiger partial charge in [-0.1, -0.05) is 18.2 Å². The number of nitrogens with zero attached hydrogens (tertiary/aromatic N) is 1. The fourth-order valence-electron chi connectivity index (χ4n) is 1.34. The summed E-state index contributed by atoms with van der Waals surface area (Å²) in [6, 6.07) is -0.933. The van der Waals surface area contributed by atoms with Crippen LogP contribution in [0.1, 0.15) is 33.6 Å². The van der Waals surface area contributed by atoms with Crippen LogP contribution in [0.5, 0.6) is 0 Å². The minimum Gasteiger partial charge on any atom is -0.480 e. The number of Topliss-reactive ketones (excluding diaryl/α,β-unsaturated/α-hetero) is 1. The van der Waals surface area contributed by atoms with Crippen LogP contribution < -0.4 is 5.73 Å². The maximum atomic E-state index is 10.8. The zero-order valence-electron chi connectivity index (χ0n) is 11.8. The number of aliphatic imine (C=N–C) groups is 1. The van der Waals surface area contributed by atoms with Gasteiger partial charge in [0.25, 0.3) is 0 Å². The molecule has 0 aliphatic heterocycles. The molecule has 0 aromatic carbocycles. The third-order valence-electron chi connectivity index (χ3n) is 2.52. The Morgan fingerprint density at radius 3 is 2.37 bits per heavy atom. The molecule has 0 saturated carbocycles. The van der Waals surface area contributed by atoms with Gasteiger partial charge in [-0.2, -0.15) is 0 Å². The summed E-state index contributed by atoms with van der Waals surface area (Å²) < 4.78 is 0. The lowest BCUT2D eigenvalue weighted by molar-refractivity contribution is -0.138. The number of hydrogen-bond donors (Lipinski definition) is 2. The van der Waals surface area contributed by atoms with Crippen molar-refractivity contribution in [1.82, 2.24) is 0 Å². The maximum absolute atomic E-state index is 10.8. The molecular weight excluding hydrogens is 244 g/mol. The van der Waals surface area contributed by atoms with Gasteiger partial charge in [0, 0.05) is 12.1 Å². The third-order valence-corrected chi connectivity index (χ3v) is 2.52. The molecule has 0 radical (unpaired) electrons. The van der Waals surface area contributed by atoms with Crippen LogP contribution in [0.4, 0.5) is 0 Å². The van der Waals surface area contributed by atoms with E-state index < -0.39 is 12.0 Å². The van der Waals surface area contributed by atoms with Gasteiger partial charge in [-0.15, -0.1) is 0 Å². The highest BCUT2D eigenvalue weighted by Gasteiger charge is 2.13. The quantitative estimate of drug-likeness (QED) is 0.517. The second-order valence-corrected chi connectivity index (χ2v) is 4.62. The van der Waals surface area contributed by atoms with E-state index in [4.69, 9.17) is 10.8 Å². The first kappa shape index (κ1) is 17.2. The van der Waals surface area contributed by atoms with Gasteiger partial charge < -0.3 is 10.8 Å². The maximum Gasteiger partial charge on any atom is 0.320 e. The highest BCUT2D eigenvalue weighted by atomic mass is 16.4. The number of hydrogen-bond acceptors (Lipinski definition) is 4. The van der Waals surface area contributed by atoms with Crippen LogP contribution in [0, 0.1) is 0 Å². The highest BCUT2D eigenvalue weighted by Crippen LogP contribution is 2.14. The number of aliphatic carboxylic acids is 1. The summed E-state index contributed by atoms with van der Waals surface area (Å²) in [6.45, 7) is 9.10. The van der Waals surface area contributed by atoms with Gasteiger partial charge in [0.05, 0.1) is 6.54 Å². The molecule has 0 aliphatic carbocycles. The Labute approximate surface area is 113 Å². The number of rotatable bonds is 8. The molecule has 0 bridgehead atoms. The first-order valence-corrected chi connectivity index (χ1v) is 6.06. The second-order valence-electron chi connectivity index (χ2n) is 4.62. The molecular formula is C14H22N2O3. The van der Waals surface area contributed by atoms with E-state index in [1.165, 1.54) is 6.92 Å².